The van der Waals surface area contributed by atoms with Crippen LogP contribution >= 0.6 is 0 Å². The number of nitrogens with two attached hydrogens (primary N) is 1. The molecule has 1 aromatic rings. The van der Waals surface area contributed by atoms with Gasteiger partial charge < -0.3 is 11.1 Å². The summed E-state index contributed by atoms with van der Waals surface area (Å²) in [5.41, 5.74) is 6.76. The highest BCUT2D eigenvalue weighted by atomic mass is 32.2. The molecule has 1 rings (SSSR count). The number of sulfonamides is 1. The summed E-state index contributed by atoms with van der Waals surface area (Å²) in [6.07, 6.45) is 0. The van der Waals surface area contributed by atoms with Crippen LogP contribution in [0.25, 0.3) is 0 Å². The Morgan fingerprint density at radius 2 is 1.90 bits per heavy atom. The average molecular weight is 299 g/mol. The fraction of sp³-hybridized carbons (Fsp3) is 0.462. The van der Waals surface area contributed by atoms with Gasteiger partial charge in [0.2, 0.25) is 15.9 Å². The van der Waals surface area contributed by atoms with Crippen LogP contribution in [0.3, 0.4) is 0 Å². The molecule has 0 fully saturated rings. The van der Waals surface area contributed by atoms with Crippen LogP contribution in [0.4, 0.5) is 5.69 Å². The van der Waals surface area contributed by atoms with Gasteiger partial charge in [-0.05, 0) is 37.6 Å². The maximum atomic E-state index is 11.9. The summed E-state index contributed by atoms with van der Waals surface area (Å²) < 4.78 is 26.0. The Morgan fingerprint density at radius 3 is 2.40 bits per heavy atom. The summed E-state index contributed by atoms with van der Waals surface area (Å²) in [5, 5.41) is 2.63. The van der Waals surface area contributed by atoms with Crippen LogP contribution in [0.2, 0.25) is 0 Å². The van der Waals surface area contributed by atoms with E-state index in [0.717, 1.165) is 0 Å². The van der Waals surface area contributed by atoms with E-state index in [4.69, 9.17) is 5.73 Å². The van der Waals surface area contributed by atoms with E-state index in [2.05, 4.69) is 10.0 Å². The normalized spacial score (nSPS) is 13.3. The number of carbonyl (C=O) groups is 1. The Balaban J connectivity index is 3.06. The molecule has 0 aromatic heterocycles. The van der Waals surface area contributed by atoms with Crippen molar-refractivity contribution in [2.45, 2.75) is 31.7 Å². The second-order valence-electron chi connectivity index (χ2n) is 4.95. The molecule has 0 saturated heterocycles. The lowest BCUT2D eigenvalue weighted by Gasteiger charge is -2.16. The zero-order valence-corrected chi connectivity index (χ0v) is 12.9. The third-order valence-electron chi connectivity index (χ3n) is 3.03. The molecule has 0 aliphatic rings. The van der Waals surface area contributed by atoms with Gasteiger partial charge >= 0.3 is 0 Å². The Kier molecular flexibility index (Phi) is 5.27. The highest BCUT2D eigenvalue weighted by Crippen LogP contribution is 2.20. The standard InChI is InChI=1S/C13H21N3O3S/c1-8(2)12(14)13(17)16-10-6-5-9(3)11(7-10)20(18,19)15-4/h5-8,12,15H,14H2,1-4H3,(H,16,17)/t12-/m0/s1. The van der Waals surface area contributed by atoms with Gasteiger partial charge in [-0.25, -0.2) is 13.1 Å². The van der Waals surface area contributed by atoms with Crippen molar-refractivity contribution in [3.8, 4) is 0 Å². The monoisotopic (exact) mass is 299 g/mol. The second-order valence-corrected chi connectivity index (χ2v) is 6.80. The Labute approximate surface area is 119 Å². The molecule has 0 spiro atoms. The molecule has 0 radical (unpaired) electrons. The molecule has 1 aromatic carbocycles. The first-order valence-electron chi connectivity index (χ1n) is 6.29. The van der Waals surface area contributed by atoms with Crippen LogP contribution in [-0.2, 0) is 14.8 Å². The van der Waals surface area contributed by atoms with E-state index >= 15 is 0 Å². The number of hydrogen-bond acceptors (Lipinski definition) is 4. The maximum absolute atomic E-state index is 11.9. The van der Waals surface area contributed by atoms with Gasteiger partial charge in [0, 0.05) is 5.69 Å². The van der Waals surface area contributed by atoms with Gasteiger partial charge in [-0.15, -0.1) is 0 Å². The number of nitrogens with one attached hydrogen (secondary N) is 2. The van der Waals surface area contributed by atoms with Crippen molar-refractivity contribution < 1.29 is 13.2 Å². The van der Waals surface area contributed by atoms with Crippen LogP contribution in [0.15, 0.2) is 23.1 Å². The first-order valence-corrected chi connectivity index (χ1v) is 7.78. The molecule has 7 heteroatoms. The molecule has 1 atom stereocenters. The minimum atomic E-state index is -3.56. The lowest BCUT2D eigenvalue weighted by atomic mass is 10.0. The molecule has 0 aliphatic carbocycles. The van der Waals surface area contributed by atoms with E-state index in [1.165, 1.54) is 13.1 Å². The molecule has 112 valence electrons. The molecule has 0 bridgehead atoms. The molecule has 20 heavy (non-hydrogen) atoms. The quantitative estimate of drug-likeness (QED) is 0.749. The van der Waals surface area contributed by atoms with Crippen molar-refractivity contribution >= 4 is 21.6 Å². The Morgan fingerprint density at radius 1 is 1.30 bits per heavy atom. The van der Waals surface area contributed by atoms with Crippen molar-refractivity contribution in [3.05, 3.63) is 23.8 Å². The molecular weight excluding hydrogens is 278 g/mol. The molecule has 0 saturated carbocycles. The lowest BCUT2D eigenvalue weighted by Crippen LogP contribution is -2.39. The van der Waals surface area contributed by atoms with E-state index < -0.39 is 16.1 Å². The van der Waals surface area contributed by atoms with Crippen molar-refractivity contribution in [1.29, 1.82) is 0 Å². The molecule has 0 heterocycles. The van der Waals surface area contributed by atoms with Crippen LogP contribution in [0, 0.1) is 12.8 Å². The van der Waals surface area contributed by atoms with E-state index in [-0.39, 0.29) is 16.7 Å². The smallest absolute Gasteiger partial charge is 0.241 e. The highest BCUT2D eigenvalue weighted by Gasteiger charge is 2.19. The zero-order chi connectivity index (χ0) is 15.5. The number of carbonyl (C=O) groups excluding carboxylic acids is 1. The number of rotatable bonds is 5. The number of anilines is 1. The largest absolute Gasteiger partial charge is 0.325 e. The van der Waals surface area contributed by atoms with Crippen LogP contribution in [-0.4, -0.2) is 27.4 Å². The predicted molar refractivity (Wildman–Crippen MR) is 78.9 cm³/mol. The molecule has 4 N–H and O–H groups in total. The van der Waals surface area contributed by atoms with E-state index in [9.17, 15) is 13.2 Å². The van der Waals surface area contributed by atoms with Gasteiger partial charge in [0.25, 0.3) is 0 Å². The summed E-state index contributed by atoms with van der Waals surface area (Å²) in [6.45, 7) is 5.38. The summed E-state index contributed by atoms with van der Waals surface area (Å²) in [4.78, 5) is 12.0. The predicted octanol–water partition coefficient (Wildman–Crippen LogP) is 0.825. The number of amides is 1. The van der Waals surface area contributed by atoms with Gasteiger partial charge in [0.15, 0.2) is 0 Å². The Hall–Kier alpha value is -1.44. The topological polar surface area (TPSA) is 101 Å². The van der Waals surface area contributed by atoms with Gasteiger partial charge in [0.1, 0.15) is 0 Å². The fourth-order valence-corrected chi connectivity index (χ4v) is 2.60. The number of benzene rings is 1. The first-order chi connectivity index (χ1) is 9.19. The fourth-order valence-electron chi connectivity index (χ4n) is 1.61. The maximum Gasteiger partial charge on any atom is 0.241 e. The number of aryl methyl sites for hydroxylation is 1. The Bertz CT molecular complexity index is 597. The lowest BCUT2D eigenvalue weighted by molar-refractivity contribution is -0.118. The van der Waals surface area contributed by atoms with Crippen molar-refractivity contribution in [3.63, 3.8) is 0 Å². The summed E-state index contributed by atoms with van der Waals surface area (Å²) in [5.74, 6) is -0.336. The third kappa shape index (κ3) is 3.78. The molecule has 0 aliphatic heterocycles. The molecule has 1 amide bonds. The van der Waals surface area contributed by atoms with Crippen molar-refractivity contribution in [1.82, 2.24) is 4.72 Å². The van der Waals surface area contributed by atoms with Gasteiger partial charge in [-0.1, -0.05) is 19.9 Å². The molecule has 0 unspecified atom stereocenters. The molecular formula is C13H21N3O3S. The minimum absolute atomic E-state index is 0.000889. The summed E-state index contributed by atoms with van der Waals surface area (Å²) >= 11 is 0. The summed E-state index contributed by atoms with van der Waals surface area (Å²) in [6, 6.07) is 4.07. The van der Waals surface area contributed by atoms with Crippen molar-refractivity contribution in [2.24, 2.45) is 11.7 Å². The van der Waals surface area contributed by atoms with Gasteiger partial charge in [-0.2, -0.15) is 0 Å². The third-order valence-corrected chi connectivity index (χ3v) is 4.59. The number of hydrogen-bond donors (Lipinski definition) is 3. The van der Waals surface area contributed by atoms with E-state index in [1.54, 1.807) is 19.1 Å². The van der Waals surface area contributed by atoms with Gasteiger partial charge in [0.05, 0.1) is 10.9 Å². The molecule has 6 nitrogen and oxygen atoms in total. The average Bonchev–Trinajstić information content (AvgIpc) is 2.39. The zero-order valence-electron chi connectivity index (χ0n) is 12.1. The van der Waals surface area contributed by atoms with Crippen LogP contribution in [0.5, 0.6) is 0 Å². The van der Waals surface area contributed by atoms with Crippen LogP contribution < -0.4 is 15.8 Å². The van der Waals surface area contributed by atoms with E-state index in [0.29, 0.717) is 11.3 Å². The van der Waals surface area contributed by atoms with Crippen LogP contribution in [0.1, 0.15) is 19.4 Å². The van der Waals surface area contributed by atoms with Crippen molar-refractivity contribution in [2.75, 3.05) is 12.4 Å². The SMILES string of the molecule is CNS(=O)(=O)c1cc(NC(=O)[C@@H](N)C(C)C)ccc1C. The first kappa shape index (κ1) is 16.6. The summed E-state index contributed by atoms with van der Waals surface area (Å²) in [7, 11) is -2.21. The highest BCUT2D eigenvalue weighted by molar-refractivity contribution is 7.89. The second kappa shape index (κ2) is 6.34. The van der Waals surface area contributed by atoms with Gasteiger partial charge in [-0.3, -0.25) is 4.79 Å². The minimum Gasteiger partial charge on any atom is -0.325 e. The van der Waals surface area contributed by atoms with E-state index in [1.807, 2.05) is 13.8 Å².